The average Bonchev–Trinajstić information content (AvgIpc) is 2.76. The Hall–Kier alpha value is -1.34. The first-order chi connectivity index (χ1) is 9.67. The number of hydrogen-bond acceptors (Lipinski definition) is 5. The van der Waals surface area contributed by atoms with Gasteiger partial charge in [0.05, 0.1) is 18.7 Å². The highest BCUT2D eigenvalue weighted by Crippen LogP contribution is 2.18. The smallest absolute Gasteiger partial charge is 0.410 e. The highest BCUT2D eigenvalue weighted by molar-refractivity contribution is 5.73. The molecule has 0 aromatic carbocycles. The summed E-state index contributed by atoms with van der Waals surface area (Å²) in [5, 5.41) is 12.2. The fourth-order valence-electron chi connectivity index (χ4n) is 2.27. The van der Waals surface area contributed by atoms with Crippen molar-refractivity contribution < 1.29 is 24.2 Å². The normalized spacial score (nSPS) is 24.0. The number of amides is 1. The summed E-state index contributed by atoms with van der Waals surface area (Å²) in [6, 6.07) is -0.866. The van der Waals surface area contributed by atoms with E-state index in [1.165, 1.54) is 0 Å². The zero-order chi connectivity index (χ0) is 16.2. The third-order valence-electron chi connectivity index (χ3n) is 3.34. The summed E-state index contributed by atoms with van der Waals surface area (Å²) in [6.07, 6.45) is -0.183. The Morgan fingerprint density at radius 3 is 2.43 bits per heavy atom. The summed E-state index contributed by atoms with van der Waals surface area (Å²) in [6.45, 7) is 7.98. The van der Waals surface area contributed by atoms with E-state index in [1.807, 2.05) is 20.8 Å². The molecule has 0 bridgehead atoms. The van der Waals surface area contributed by atoms with E-state index >= 15 is 0 Å². The molecule has 7 nitrogen and oxygen atoms in total. The predicted octanol–water partition coefficient (Wildman–Crippen LogP) is 1.07. The van der Waals surface area contributed by atoms with E-state index in [0.29, 0.717) is 19.5 Å². The number of rotatable bonds is 5. The van der Waals surface area contributed by atoms with Gasteiger partial charge in [0, 0.05) is 13.7 Å². The van der Waals surface area contributed by atoms with E-state index in [2.05, 4.69) is 5.32 Å². The fourth-order valence-corrected chi connectivity index (χ4v) is 2.27. The molecule has 21 heavy (non-hydrogen) atoms. The van der Waals surface area contributed by atoms with E-state index in [0.717, 1.165) is 0 Å². The molecule has 0 aliphatic carbocycles. The number of ether oxygens (including phenoxy) is 2. The molecule has 1 heterocycles. The number of nitrogens with one attached hydrogen (secondary N) is 1. The lowest BCUT2D eigenvalue weighted by molar-refractivity contribution is -0.139. The Kier molecular flexibility index (Phi) is 5.98. The van der Waals surface area contributed by atoms with E-state index in [4.69, 9.17) is 14.6 Å². The maximum absolute atomic E-state index is 12.1. The number of likely N-dealkylation sites (tertiary alicyclic amines) is 1. The highest BCUT2D eigenvalue weighted by atomic mass is 16.6. The molecule has 0 aromatic rings. The van der Waals surface area contributed by atoms with Gasteiger partial charge in [0.25, 0.3) is 0 Å². The monoisotopic (exact) mass is 302 g/mol. The lowest BCUT2D eigenvalue weighted by Crippen LogP contribution is -2.49. The second kappa shape index (κ2) is 7.09. The number of carboxylic acid groups (broad SMARTS) is 1. The Morgan fingerprint density at radius 2 is 2.00 bits per heavy atom. The van der Waals surface area contributed by atoms with Gasteiger partial charge in [-0.2, -0.15) is 0 Å². The second-order valence-electron chi connectivity index (χ2n) is 6.23. The van der Waals surface area contributed by atoms with Gasteiger partial charge in [0.2, 0.25) is 0 Å². The summed E-state index contributed by atoms with van der Waals surface area (Å²) in [5.74, 6) is -0.900. The van der Waals surface area contributed by atoms with Gasteiger partial charge in [-0.25, -0.2) is 4.79 Å². The van der Waals surface area contributed by atoms with Crippen molar-refractivity contribution >= 4 is 12.1 Å². The lowest BCUT2D eigenvalue weighted by atomic mass is 10.1. The molecular weight excluding hydrogens is 276 g/mol. The molecule has 1 fully saturated rings. The predicted molar refractivity (Wildman–Crippen MR) is 77.2 cm³/mol. The van der Waals surface area contributed by atoms with Gasteiger partial charge >= 0.3 is 12.1 Å². The van der Waals surface area contributed by atoms with Crippen molar-refractivity contribution in [2.75, 3.05) is 20.2 Å². The molecule has 0 saturated carbocycles. The minimum absolute atomic E-state index is 0.219. The van der Waals surface area contributed by atoms with Gasteiger partial charge in [-0.1, -0.05) is 6.92 Å². The van der Waals surface area contributed by atoms with Crippen LogP contribution in [0.4, 0.5) is 4.79 Å². The lowest BCUT2D eigenvalue weighted by Gasteiger charge is -2.24. The maximum atomic E-state index is 12.1. The summed E-state index contributed by atoms with van der Waals surface area (Å²) in [5.41, 5.74) is -0.557. The summed E-state index contributed by atoms with van der Waals surface area (Å²) in [4.78, 5) is 24.7. The maximum Gasteiger partial charge on any atom is 0.410 e. The van der Waals surface area contributed by atoms with Crippen LogP contribution in [0.2, 0.25) is 0 Å². The van der Waals surface area contributed by atoms with Crippen LogP contribution in [0.5, 0.6) is 0 Å². The first kappa shape index (κ1) is 17.7. The highest BCUT2D eigenvalue weighted by Gasteiger charge is 2.38. The number of hydrogen-bond donors (Lipinski definition) is 2. The summed E-state index contributed by atoms with van der Waals surface area (Å²) in [7, 11) is 1.56. The van der Waals surface area contributed by atoms with Crippen molar-refractivity contribution in [2.24, 2.45) is 0 Å². The van der Waals surface area contributed by atoms with Crippen molar-refractivity contribution in [1.29, 1.82) is 0 Å². The molecule has 0 spiro atoms. The zero-order valence-corrected chi connectivity index (χ0v) is 13.4. The van der Waals surface area contributed by atoms with Gasteiger partial charge in [-0.3, -0.25) is 10.1 Å². The second-order valence-corrected chi connectivity index (χ2v) is 6.23. The van der Waals surface area contributed by atoms with Gasteiger partial charge in [0.1, 0.15) is 11.6 Å². The molecule has 1 saturated heterocycles. The van der Waals surface area contributed by atoms with Crippen molar-refractivity contribution in [2.45, 2.75) is 57.9 Å². The quantitative estimate of drug-likeness (QED) is 0.790. The molecule has 3 atom stereocenters. The number of carbonyl (C=O) groups is 2. The van der Waals surface area contributed by atoms with Crippen molar-refractivity contribution in [1.82, 2.24) is 10.2 Å². The van der Waals surface area contributed by atoms with Crippen LogP contribution in [0.1, 0.15) is 34.1 Å². The van der Waals surface area contributed by atoms with Crippen LogP contribution >= 0.6 is 0 Å². The molecule has 1 aliphatic heterocycles. The van der Waals surface area contributed by atoms with Gasteiger partial charge in [-0.05, 0) is 27.2 Å². The number of nitrogens with zero attached hydrogens (tertiary/aromatic N) is 1. The summed E-state index contributed by atoms with van der Waals surface area (Å²) >= 11 is 0. The Labute approximate surface area is 125 Å². The Balaban J connectivity index is 2.67. The SMILES string of the molecule is CCC(NC1CN(C(=O)OC(C)(C)C)C[C@@H]1OC)C(=O)O. The van der Waals surface area contributed by atoms with Crippen molar-refractivity contribution in [3.8, 4) is 0 Å². The van der Waals surface area contributed by atoms with Crippen LogP contribution in [-0.4, -0.2) is 66.1 Å². The minimum Gasteiger partial charge on any atom is -0.480 e. The molecule has 2 N–H and O–H groups in total. The fraction of sp³-hybridized carbons (Fsp3) is 0.857. The molecule has 7 heteroatoms. The van der Waals surface area contributed by atoms with Crippen LogP contribution in [0.3, 0.4) is 0 Å². The molecule has 2 unspecified atom stereocenters. The topological polar surface area (TPSA) is 88.1 Å². The molecule has 0 radical (unpaired) electrons. The van der Waals surface area contributed by atoms with Gasteiger partial charge in [-0.15, -0.1) is 0 Å². The zero-order valence-electron chi connectivity index (χ0n) is 13.4. The third kappa shape index (κ3) is 5.17. The summed E-state index contributed by atoms with van der Waals surface area (Å²) < 4.78 is 10.7. The van der Waals surface area contributed by atoms with E-state index in [-0.39, 0.29) is 12.1 Å². The standard InChI is InChI=1S/C14H26N2O5/c1-6-9(12(17)18)15-10-7-16(8-11(10)20-5)13(19)21-14(2,3)4/h9-11,15H,6-8H2,1-5H3,(H,17,18)/t9?,10?,11-/m0/s1. The van der Waals surface area contributed by atoms with E-state index < -0.39 is 23.7 Å². The number of carbonyl (C=O) groups excluding carboxylic acids is 1. The van der Waals surface area contributed by atoms with Crippen LogP contribution in [0.25, 0.3) is 0 Å². The number of methoxy groups -OCH3 is 1. The molecule has 122 valence electrons. The van der Waals surface area contributed by atoms with Gasteiger partial charge < -0.3 is 19.5 Å². The first-order valence-corrected chi connectivity index (χ1v) is 7.17. The van der Waals surface area contributed by atoms with E-state index in [9.17, 15) is 9.59 Å². The molecule has 0 aromatic heterocycles. The Bertz CT molecular complexity index is 380. The number of carboxylic acids is 1. The molecule has 1 aliphatic rings. The largest absolute Gasteiger partial charge is 0.480 e. The molecular formula is C14H26N2O5. The van der Waals surface area contributed by atoms with Crippen molar-refractivity contribution in [3.05, 3.63) is 0 Å². The third-order valence-corrected chi connectivity index (χ3v) is 3.34. The average molecular weight is 302 g/mol. The van der Waals surface area contributed by atoms with Crippen LogP contribution < -0.4 is 5.32 Å². The molecule has 1 amide bonds. The van der Waals surface area contributed by atoms with Crippen LogP contribution in [-0.2, 0) is 14.3 Å². The molecule has 1 rings (SSSR count). The van der Waals surface area contributed by atoms with Crippen LogP contribution in [0, 0.1) is 0 Å². The van der Waals surface area contributed by atoms with Crippen LogP contribution in [0.15, 0.2) is 0 Å². The van der Waals surface area contributed by atoms with Crippen molar-refractivity contribution in [3.63, 3.8) is 0 Å². The van der Waals surface area contributed by atoms with E-state index in [1.54, 1.807) is 18.9 Å². The minimum atomic E-state index is -0.900. The first-order valence-electron chi connectivity index (χ1n) is 7.17. The van der Waals surface area contributed by atoms with Gasteiger partial charge in [0.15, 0.2) is 0 Å². The number of aliphatic carboxylic acids is 1. The Morgan fingerprint density at radius 1 is 1.38 bits per heavy atom.